The van der Waals surface area contributed by atoms with E-state index in [1.54, 1.807) is 11.7 Å². The molecule has 0 spiro atoms. The normalized spacial score (nSPS) is 11.9. The maximum atomic E-state index is 12.8. The Balaban J connectivity index is 1.25. The molecule has 192 valence electrons. The second-order valence-corrected chi connectivity index (χ2v) is 10.5. The van der Waals surface area contributed by atoms with Crippen LogP contribution in [-0.4, -0.2) is 26.6 Å². The SMILES string of the molecule is O=C(N[C@@H](CCCCCC(=O)c1ccccc1S)c1ncc(-c2ccc3ccccc3c2)[nH]1)c1cncs1. The molecule has 5 rings (SSSR count). The van der Waals surface area contributed by atoms with Crippen LogP contribution in [0.1, 0.15) is 64.0 Å². The van der Waals surface area contributed by atoms with Crippen LogP contribution in [0.3, 0.4) is 0 Å². The van der Waals surface area contributed by atoms with E-state index < -0.39 is 0 Å². The van der Waals surface area contributed by atoms with Crippen molar-refractivity contribution in [3.05, 3.63) is 101 Å². The molecule has 0 saturated heterocycles. The minimum atomic E-state index is -0.285. The Kier molecular flexibility index (Phi) is 8.31. The first-order valence-corrected chi connectivity index (χ1v) is 14.0. The van der Waals surface area contributed by atoms with E-state index in [9.17, 15) is 9.59 Å². The molecule has 2 aromatic heterocycles. The number of nitrogens with zero attached hydrogens (tertiary/aromatic N) is 2. The molecule has 6 nitrogen and oxygen atoms in total. The predicted octanol–water partition coefficient (Wildman–Crippen LogP) is 7.28. The minimum absolute atomic E-state index is 0.108. The Morgan fingerprint density at radius 2 is 1.76 bits per heavy atom. The number of hydrogen-bond donors (Lipinski definition) is 3. The number of rotatable bonds is 11. The van der Waals surface area contributed by atoms with Gasteiger partial charge < -0.3 is 10.3 Å². The smallest absolute Gasteiger partial charge is 0.263 e. The number of nitrogens with one attached hydrogen (secondary N) is 2. The van der Waals surface area contributed by atoms with Crippen LogP contribution in [0, 0.1) is 0 Å². The Labute approximate surface area is 231 Å². The fourth-order valence-electron chi connectivity index (χ4n) is 4.51. The summed E-state index contributed by atoms with van der Waals surface area (Å²) in [6, 6.07) is 21.7. The number of fused-ring (bicyclic) bond motifs is 1. The van der Waals surface area contributed by atoms with E-state index in [-0.39, 0.29) is 17.7 Å². The predicted molar refractivity (Wildman–Crippen MR) is 155 cm³/mol. The minimum Gasteiger partial charge on any atom is -0.341 e. The lowest BCUT2D eigenvalue weighted by Gasteiger charge is -2.16. The highest BCUT2D eigenvalue weighted by molar-refractivity contribution is 7.80. The van der Waals surface area contributed by atoms with Crippen molar-refractivity contribution in [2.45, 2.75) is 43.0 Å². The van der Waals surface area contributed by atoms with E-state index in [0.29, 0.717) is 34.0 Å². The molecule has 2 heterocycles. The maximum absolute atomic E-state index is 12.8. The number of hydrogen-bond acceptors (Lipinski definition) is 6. The summed E-state index contributed by atoms with van der Waals surface area (Å²) in [6.45, 7) is 0. The van der Waals surface area contributed by atoms with Crippen LogP contribution in [0.2, 0.25) is 0 Å². The zero-order chi connectivity index (χ0) is 26.3. The lowest BCUT2D eigenvalue weighted by Crippen LogP contribution is -2.28. The Morgan fingerprint density at radius 1 is 0.947 bits per heavy atom. The molecule has 38 heavy (non-hydrogen) atoms. The fourth-order valence-corrected chi connectivity index (χ4v) is 5.31. The molecule has 0 bridgehead atoms. The summed E-state index contributed by atoms with van der Waals surface area (Å²) in [4.78, 5) is 38.8. The zero-order valence-corrected chi connectivity index (χ0v) is 22.5. The van der Waals surface area contributed by atoms with Gasteiger partial charge in [0.25, 0.3) is 5.91 Å². The lowest BCUT2D eigenvalue weighted by molar-refractivity contribution is 0.0935. The fraction of sp³-hybridized carbons (Fsp3) is 0.200. The quantitative estimate of drug-likeness (QED) is 0.0933. The van der Waals surface area contributed by atoms with Crippen molar-refractivity contribution in [1.29, 1.82) is 0 Å². The number of Topliss-reactive ketones (excluding diaryl/α,β-unsaturated/α-hetero) is 1. The molecule has 3 aromatic carbocycles. The molecular formula is C30H28N4O2S2. The summed E-state index contributed by atoms with van der Waals surface area (Å²) < 4.78 is 0. The third-order valence-electron chi connectivity index (χ3n) is 6.55. The van der Waals surface area contributed by atoms with E-state index in [0.717, 1.165) is 35.9 Å². The average Bonchev–Trinajstić information content (AvgIpc) is 3.65. The van der Waals surface area contributed by atoms with E-state index in [2.05, 4.69) is 63.2 Å². The van der Waals surface area contributed by atoms with Crippen LogP contribution < -0.4 is 5.32 Å². The van der Waals surface area contributed by atoms with Gasteiger partial charge in [0.05, 0.1) is 29.6 Å². The van der Waals surface area contributed by atoms with Crippen molar-refractivity contribution < 1.29 is 9.59 Å². The number of ketones is 1. The number of aromatic nitrogens is 3. The van der Waals surface area contributed by atoms with Gasteiger partial charge in [-0.3, -0.25) is 14.6 Å². The van der Waals surface area contributed by atoms with E-state index in [4.69, 9.17) is 0 Å². The van der Waals surface area contributed by atoms with Gasteiger partial charge in [-0.1, -0.05) is 67.4 Å². The first-order chi connectivity index (χ1) is 18.6. The highest BCUT2D eigenvalue weighted by Gasteiger charge is 2.20. The molecule has 0 fully saturated rings. The maximum Gasteiger partial charge on any atom is 0.263 e. The number of imidazole rings is 1. The number of thiol groups is 1. The second kappa shape index (κ2) is 12.2. The summed E-state index contributed by atoms with van der Waals surface area (Å²) >= 11 is 5.70. The van der Waals surface area contributed by atoms with Crippen LogP contribution in [0.5, 0.6) is 0 Å². The summed E-state index contributed by atoms with van der Waals surface area (Å²) in [5.41, 5.74) is 4.26. The van der Waals surface area contributed by atoms with Gasteiger partial charge in [-0.25, -0.2) is 4.98 Å². The number of H-pyrrole nitrogens is 1. The first-order valence-electron chi connectivity index (χ1n) is 12.6. The number of carbonyl (C=O) groups is 2. The van der Waals surface area contributed by atoms with Crippen molar-refractivity contribution in [2.24, 2.45) is 0 Å². The molecule has 2 N–H and O–H groups in total. The Hall–Kier alpha value is -3.75. The molecule has 1 amide bonds. The molecule has 0 aliphatic carbocycles. The molecule has 1 atom stereocenters. The molecule has 0 aliphatic heterocycles. The van der Waals surface area contributed by atoms with E-state index >= 15 is 0 Å². The monoisotopic (exact) mass is 540 g/mol. The summed E-state index contributed by atoms with van der Waals surface area (Å²) in [6.07, 6.45) is 7.05. The first kappa shape index (κ1) is 25.9. The van der Waals surface area contributed by atoms with Crippen molar-refractivity contribution in [2.75, 3.05) is 0 Å². The molecule has 0 radical (unpaired) electrons. The third-order valence-corrected chi connectivity index (χ3v) is 7.71. The van der Waals surface area contributed by atoms with Crippen molar-refractivity contribution in [3.63, 3.8) is 0 Å². The van der Waals surface area contributed by atoms with Crippen LogP contribution in [0.25, 0.3) is 22.0 Å². The molecule has 0 unspecified atom stereocenters. The van der Waals surface area contributed by atoms with Crippen LogP contribution >= 0.6 is 24.0 Å². The number of thiazole rings is 1. The van der Waals surface area contributed by atoms with Gasteiger partial charge in [0.1, 0.15) is 10.7 Å². The van der Waals surface area contributed by atoms with Crippen molar-refractivity contribution >= 4 is 46.4 Å². The highest BCUT2D eigenvalue weighted by Crippen LogP contribution is 2.26. The number of amides is 1. The van der Waals surface area contributed by atoms with Crippen molar-refractivity contribution in [3.8, 4) is 11.3 Å². The van der Waals surface area contributed by atoms with Crippen LogP contribution in [0.4, 0.5) is 0 Å². The van der Waals surface area contributed by atoms with Gasteiger partial charge >= 0.3 is 0 Å². The summed E-state index contributed by atoms with van der Waals surface area (Å²) in [7, 11) is 0. The molecule has 0 saturated carbocycles. The molecule has 0 aliphatic rings. The highest BCUT2D eigenvalue weighted by atomic mass is 32.1. The number of unbranched alkanes of at least 4 members (excludes halogenated alkanes) is 2. The van der Waals surface area contributed by atoms with Gasteiger partial charge in [0.2, 0.25) is 0 Å². The average molecular weight is 541 g/mol. The van der Waals surface area contributed by atoms with Crippen molar-refractivity contribution in [1.82, 2.24) is 20.3 Å². The topological polar surface area (TPSA) is 87.7 Å². The molecular weight excluding hydrogens is 512 g/mol. The largest absolute Gasteiger partial charge is 0.341 e. The second-order valence-electron chi connectivity index (χ2n) is 9.18. The lowest BCUT2D eigenvalue weighted by atomic mass is 10.0. The molecule has 5 aromatic rings. The standard InChI is InChI=1S/C30H28N4O2S2/c35-26(23-10-6-7-13-27(23)37)12-3-1-2-11-24(34-30(36)28-18-31-19-38-28)29-32-17-25(33-29)22-15-14-20-8-4-5-9-21(20)16-22/h4-10,13-19,24,37H,1-3,11-12H2,(H,32,33)(H,34,36)/t24-/m0/s1. The third kappa shape index (κ3) is 6.20. The van der Waals surface area contributed by atoms with E-state index in [1.807, 2.05) is 42.6 Å². The Bertz CT molecular complexity index is 1540. The van der Waals surface area contributed by atoms with Gasteiger partial charge in [-0.15, -0.1) is 24.0 Å². The van der Waals surface area contributed by atoms with Gasteiger partial charge in [-0.2, -0.15) is 0 Å². The number of benzene rings is 3. The van der Waals surface area contributed by atoms with E-state index in [1.165, 1.54) is 16.7 Å². The van der Waals surface area contributed by atoms with Crippen LogP contribution in [0.15, 0.2) is 89.5 Å². The van der Waals surface area contributed by atoms with Gasteiger partial charge in [0.15, 0.2) is 5.78 Å². The van der Waals surface area contributed by atoms with Gasteiger partial charge in [-0.05, 0) is 35.7 Å². The van der Waals surface area contributed by atoms with Gasteiger partial charge in [0, 0.05) is 22.4 Å². The summed E-state index contributed by atoms with van der Waals surface area (Å²) in [5.74, 6) is 0.657. The Morgan fingerprint density at radius 3 is 2.58 bits per heavy atom. The zero-order valence-electron chi connectivity index (χ0n) is 20.8. The molecule has 8 heteroatoms. The number of carbonyl (C=O) groups excluding carboxylic acids is 2. The summed E-state index contributed by atoms with van der Waals surface area (Å²) in [5, 5.41) is 5.46. The van der Waals surface area contributed by atoms with Crippen LogP contribution in [-0.2, 0) is 0 Å². The number of aromatic amines is 1.